The molecule has 0 spiro atoms. The van der Waals surface area contributed by atoms with E-state index < -0.39 is 223 Å². The SMILES string of the molecule is CC(=O)N[C@H]1[C@H](O[C@H]2[C@H](O[C@H](C)C(=O)N[C@@H](C)C(=O)N[C@H](CCC(=O)N[C@@H](CCCCNC(=O)C[C@@H](N)C(N)=O)C(=O)N[C@H](C)C(=O)N[C@H](C)C(=O)O)C(N)=O)[C@@H](NC(C)=O)[C@@H](OP(=O)(O)OP(=O)(O)OC/C=C(/C)CC/C=C(/C)CC/C=C(/C)CC/C=C(/C)CC/C=C(/C)CC/C=C(/C)CC/C=C(/C)CC/C=C(/C)CC/C=C(\C)CC/C=C(\C)CCC=C(C)C)O[C@@H]2CO)O[C@H](CO)[C@@H](O)[C@@H]1O. The number of nitrogens with one attached hydrogen (secondary N) is 8. The summed E-state index contributed by atoms with van der Waals surface area (Å²) in [6, 6.07) is -12.4. The third-order valence-electron chi connectivity index (χ3n) is 23.2. The topological polar surface area (TPSA) is 602 Å². The molecule has 2 rings (SSSR count). The lowest BCUT2D eigenvalue weighted by molar-refractivity contribution is -0.331. The smallest absolute Gasteiger partial charge is 0.480 e. The van der Waals surface area contributed by atoms with E-state index in [9.17, 15) is 97.2 Å². The third-order valence-corrected chi connectivity index (χ3v) is 25.8. The molecule has 40 heteroatoms. The van der Waals surface area contributed by atoms with Gasteiger partial charge in [-0.05, 0) is 265 Å². The van der Waals surface area contributed by atoms with Gasteiger partial charge < -0.3 is 114 Å². The first-order chi connectivity index (χ1) is 64.8. The monoisotopic (exact) mass is 1990 g/mol. The van der Waals surface area contributed by atoms with Gasteiger partial charge >= 0.3 is 21.6 Å². The standard InChI is InChI=1S/C98H163N11O27P2/c1-60(2)31-21-32-61(3)33-22-34-62(4)35-23-36-63(5)37-24-38-64(6)39-25-40-65(7)41-26-42-66(8)43-27-44-67(9)45-28-46-68(10)47-29-48-69(11)49-30-50-70(12)54-56-130-137(126,127)136-138(128,129)135-98-85(107-76(18)113)89(88(81(59-111)133-98)134-97-84(106-75(17)112)87(117)86(116)80(58-110)132-97)131-74(16)94(122)103-72(14)93(121)109-78(91(101)119)52-53-82(114)108-79(51-19-20-55-102-83(115)57-77(99)90(100)118)95(123)104-71(13)92(120)105-73(15)96(124)125/h31,33,35,37,39,41,43,45,47,49,54,71-74,77-81,84-89,97-98,110-111,116-117H,19-30,32,34,36,38,40,42,44,46,48,50-53,55-59,99H2,1-18H3,(H2,100,118)(H2,101,119)(H,102,115)(H,103,122)(H,104,123)(H,105,120)(H,106,112)(H,107,113)(H,108,114)(H,109,121)(H,124,125)(H,126,127)(H,128,129)/b61-33+,62-35+,63-37-,64-39-,65-41-,66-43-,67-45-,68-47-,69-49-,70-54-/t71-,72+,73-,74-,77-,78-,79+,80-,81-,84-,85-,86-,87-,88-,89-,97+,98-/m1/s1. The van der Waals surface area contributed by atoms with Crippen LogP contribution in [0.25, 0.3) is 0 Å². The molecule has 21 N–H and O–H groups in total. The fourth-order valence-corrected chi connectivity index (χ4v) is 16.7. The van der Waals surface area contributed by atoms with Gasteiger partial charge in [0.2, 0.25) is 59.1 Å². The number of phosphoric acid groups is 2. The number of rotatable bonds is 67. The number of amides is 10. The second-order valence-corrected chi connectivity index (χ2v) is 39.5. The summed E-state index contributed by atoms with van der Waals surface area (Å²) in [5.74, 6) is -10.8. The summed E-state index contributed by atoms with van der Waals surface area (Å²) in [5.41, 5.74) is 31.0. The third kappa shape index (κ3) is 53.7. The van der Waals surface area contributed by atoms with Gasteiger partial charge in [0.1, 0.15) is 85.0 Å². The van der Waals surface area contributed by atoms with Crippen molar-refractivity contribution in [3.8, 4) is 0 Å². The molecule has 2 saturated heterocycles. The zero-order chi connectivity index (χ0) is 104. The Morgan fingerprint density at radius 1 is 0.420 bits per heavy atom. The quantitative estimate of drug-likeness (QED) is 0.0153. The van der Waals surface area contributed by atoms with Crippen LogP contribution in [0.1, 0.15) is 292 Å². The highest BCUT2D eigenvalue weighted by Crippen LogP contribution is 2.61. The largest absolute Gasteiger partial charge is 0.483 e. The van der Waals surface area contributed by atoms with Crippen molar-refractivity contribution < 1.29 is 129 Å². The zero-order valence-electron chi connectivity index (χ0n) is 84.3. The number of carboxylic acids is 1. The van der Waals surface area contributed by atoms with Gasteiger partial charge in [-0.15, -0.1) is 0 Å². The van der Waals surface area contributed by atoms with Crippen LogP contribution in [0.5, 0.6) is 0 Å². The lowest BCUT2D eigenvalue weighted by Crippen LogP contribution is -2.70. The molecule has 2 aliphatic heterocycles. The molecule has 0 aromatic rings. The average Bonchev–Trinajstić information content (AvgIpc) is 0.764. The second kappa shape index (κ2) is 66.8. The Hall–Kier alpha value is -8.79. The van der Waals surface area contributed by atoms with Crippen LogP contribution in [-0.2, 0) is 94.2 Å². The van der Waals surface area contributed by atoms with Crippen molar-refractivity contribution in [3.05, 3.63) is 128 Å². The number of nitrogens with two attached hydrogens (primary N) is 3. The Balaban J connectivity index is 2.13. The molecule has 0 saturated carbocycles. The molecule has 0 bridgehead atoms. The molecule has 19 atom stereocenters. The molecule has 2 fully saturated rings. The van der Waals surface area contributed by atoms with E-state index in [1.54, 1.807) is 6.92 Å². The molecule has 10 amide bonds. The van der Waals surface area contributed by atoms with Gasteiger partial charge in [0.25, 0.3) is 0 Å². The maximum Gasteiger partial charge on any atom is 0.483 e. The Morgan fingerprint density at radius 2 is 0.812 bits per heavy atom. The molecule has 0 radical (unpaired) electrons. The van der Waals surface area contributed by atoms with Crippen molar-refractivity contribution >= 4 is 80.7 Å². The van der Waals surface area contributed by atoms with Crippen LogP contribution < -0.4 is 59.7 Å². The van der Waals surface area contributed by atoms with Crippen LogP contribution in [-0.4, -0.2) is 230 Å². The van der Waals surface area contributed by atoms with Crippen molar-refractivity contribution in [2.45, 2.75) is 395 Å². The fourth-order valence-electron chi connectivity index (χ4n) is 14.6. The summed E-state index contributed by atoms with van der Waals surface area (Å²) in [7, 11) is -11.5. The van der Waals surface area contributed by atoms with Crippen LogP contribution in [0.15, 0.2) is 128 Å². The van der Waals surface area contributed by atoms with E-state index in [4.69, 9.17) is 45.2 Å². The Morgan fingerprint density at radius 3 is 1.21 bits per heavy atom. The average molecular weight is 1990 g/mol. The highest BCUT2D eigenvalue weighted by molar-refractivity contribution is 7.61. The Kier molecular flexibility index (Phi) is 60.7. The molecular formula is C98H163N11O27P2. The van der Waals surface area contributed by atoms with Crippen LogP contribution in [0, 0.1) is 0 Å². The van der Waals surface area contributed by atoms with Gasteiger partial charge in [-0.25, -0.2) is 9.13 Å². The summed E-state index contributed by atoms with van der Waals surface area (Å²) in [5, 5.41) is 71.4. The van der Waals surface area contributed by atoms with E-state index in [2.05, 4.69) is 177 Å². The summed E-state index contributed by atoms with van der Waals surface area (Å²) < 4.78 is 66.5. The number of allylic oxidation sites excluding steroid dienone is 21. The van der Waals surface area contributed by atoms with Gasteiger partial charge in [0.15, 0.2) is 12.6 Å². The van der Waals surface area contributed by atoms with E-state index in [0.29, 0.717) is 18.4 Å². The molecule has 138 heavy (non-hydrogen) atoms. The number of aliphatic carboxylic acids is 1. The Bertz CT molecular complexity index is 4400. The summed E-state index contributed by atoms with van der Waals surface area (Å²) >= 11 is 0. The number of carboxylic acid groups (broad SMARTS) is 1. The van der Waals surface area contributed by atoms with E-state index >= 15 is 0 Å². The van der Waals surface area contributed by atoms with Crippen molar-refractivity contribution in [2.24, 2.45) is 17.2 Å². The number of aliphatic hydroxyl groups excluding tert-OH is 4. The minimum Gasteiger partial charge on any atom is -0.480 e. The lowest BCUT2D eigenvalue weighted by Gasteiger charge is -2.49. The summed E-state index contributed by atoms with van der Waals surface area (Å²) in [6.45, 7) is 29.8. The molecule has 2 aliphatic rings. The van der Waals surface area contributed by atoms with E-state index in [1.807, 2.05) is 6.92 Å². The highest BCUT2D eigenvalue weighted by atomic mass is 31.3. The van der Waals surface area contributed by atoms with Crippen molar-refractivity contribution in [2.75, 3.05) is 26.4 Å². The molecule has 0 aromatic carbocycles. The second-order valence-electron chi connectivity index (χ2n) is 36.5. The number of carbonyl (C=O) groups excluding carboxylic acids is 10. The van der Waals surface area contributed by atoms with Crippen molar-refractivity contribution in [1.82, 2.24) is 42.5 Å². The van der Waals surface area contributed by atoms with E-state index in [1.165, 1.54) is 70.1 Å². The molecule has 0 aliphatic carbocycles. The van der Waals surface area contributed by atoms with E-state index in [-0.39, 0.29) is 25.8 Å². The minimum atomic E-state index is -5.97. The highest BCUT2D eigenvalue weighted by Gasteiger charge is 2.55. The van der Waals surface area contributed by atoms with Crippen LogP contribution in [0.3, 0.4) is 0 Å². The minimum absolute atomic E-state index is 0.0229. The number of carbonyl (C=O) groups is 11. The number of ether oxygens (including phenoxy) is 4. The van der Waals surface area contributed by atoms with Crippen LogP contribution in [0.4, 0.5) is 0 Å². The Labute approximate surface area is 815 Å². The van der Waals surface area contributed by atoms with Crippen LogP contribution >= 0.6 is 15.6 Å². The zero-order valence-corrected chi connectivity index (χ0v) is 86.1. The molecule has 782 valence electrons. The predicted molar refractivity (Wildman–Crippen MR) is 526 cm³/mol. The normalized spacial score (nSPS) is 22.0. The van der Waals surface area contributed by atoms with Crippen molar-refractivity contribution in [1.29, 1.82) is 0 Å². The maximum atomic E-state index is 14.2. The van der Waals surface area contributed by atoms with Gasteiger partial charge in [-0.1, -0.05) is 128 Å². The molecule has 2 unspecified atom stereocenters. The molecule has 38 nitrogen and oxygen atoms in total. The molecule has 2 heterocycles. The van der Waals surface area contributed by atoms with E-state index in [0.717, 1.165) is 149 Å². The molecule has 0 aromatic heterocycles. The molecular weight excluding hydrogens is 1830 g/mol. The van der Waals surface area contributed by atoms with Gasteiger partial charge in [-0.3, -0.25) is 61.8 Å². The lowest BCUT2D eigenvalue weighted by atomic mass is 9.94. The van der Waals surface area contributed by atoms with Gasteiger partial charge in [-0.2, -0.15) is 4.31 Å². The first-order valence-corrected chi connectivity index (χ1v) is 50.7. The van der Waals surface area contributed by atoms with Crippen molar-refractivity contribution in [3.63, 3.8) is 0 Å². The number of phosphoric ester groups is 2. The number of primary amides is 2. The van der Waals surface area contributed by atoms with Gasteiger partial charge in [0.05, 0.1) is 32.3 Å². The van der Waals surface area contributed by atoms with Crippen LogP contribution in [0.2, 0.25) is 0 Å². The number of hydrogen-bond donors (Lipinski definition) is 18. The maximum absolute atomic E-state index is 14.2. The number of aliphatic hydroxyl groups is 4. The summed E-state index contributed by atoms with van der Waals surface area (Å²) in [4.78, 5) is 163. The predicted octanol–water partition coefficient (Wildman–Crippen LogP) is 10.1. The fraction of sp³-hybridized carbons (Fsp3) is 0.663. The first kappa shape index (κ1) is 125. The summed E-state index contributed by atoms with van der Waals surface area (Å²) in [6.07, 6.45) is 25.9. The van der Waals surface area contributed by atoms with Gasteiger partial charge in [0, 0.05) is 26.8 Å². The number of unbranched alkanes of at least 4 members (excludes halogenated alkanes) is 1. The first-order valence-electron chi connectivity index (χ1n) is 47.8. The number of hydrogen-bond acceptors (Lipinski definition) is 25.